The summed E-state index contributed by atoms with van der Waals surface area (Å²) in [4.78, 5) is 4.89. The van der Waals surface area contributed by atoms with Crippen LogP contribution in [0.3, 0.4) is 0 Å². The van der Waals surface area contributed by atoms with Crippen molar-refractivity contribution < 1.29 is 17.9 Å². The van der Waals surface area contributed by atoms with E-state index in [1.54, 1.807) is 6.07 Å². The minimum Gasteiger partial charge on any atom is -0.369 e. The molecule has 0 aromatic heterocycles. The molecule has 0 bridgehead atoms. The third-order valence-corrected chi connectivity index (χ3v) is 7.03. The normalized spacial score (nSPS) is 23.6. The number of piperazine rings is 1. The number of ether oxygens (including phenoxy) is 2. The van der Waals surface area contributed by atoms with Crippen LogP contribution in [0.25, 0.3) is 0 Å². The predicted octanol–water partition coefficient (Wildman–Crippen LogP) is 2.50. The first-order valence-corrected chi connectivity index (χ1v) is 12.6. The van der Waals surface area contributed by atoms with Crippen molar-refractivity contribution in [1.82, 2.24) is 4.90 Å². The van der Waals surface area contributed by atoms with Gasteiger partial charge in [0.05, 0.1) is 25.2 Å². The lowest BCUT2D eigenvalue weighted by molar-refractivity contribution is -0.182. The summed E-state index contributed by atoms with van der Waals surface area (Å²) in [7, 11) is -3.25. The molecule has 7 nitrogen and oxygen atoms in total. The number of hydrogen-bond donors (Lipinski definition) is 1. The molecular weight excluding hydrogens is 390 g/mol. The van der Waals surface area contributed by atoms with Crippen LogP contribution < -0.4 is 9.62 Å². The minimum atomic E-state index is -3.25. The SMILES string of the molecule is CS(=O)(=O)Nc1cccc(N2CCN(CCC3CCC4(CC3)OCCO4)CC2)c1. The molecule has 2 aliphatic heterocycles. The molecule has 0 unspecified atom stereocenters. The minimum absolute atomic E-state index is 0.247. The van der Waals surface area contributed by atoms with Gasteiger partial charge in [-0.3, -0.25) is 9.62 Å². The number of rotatable bonds is 6. The van der Waals surface area contributed by atoms with Crippen LogP contribution in [-0.2, 0) is 19.5 Å². The highest BCUT2D eigenvalue weighted by molar-refractivity contribution is 7.92. The number of anilines is 2. The van der Waals surface area contributed by atoms with Gasteiger partial charge < -0.3 is 14.4 Å². The predicted molar refractivity (Wildman–Crippen MR) is 115 cm³/mol. The van der Waals surface area contributed by atoms with Crippen LogP contribution in [0.2, 0.25) is 0 Å². The Morgan fingerprint density at radius 2 is 1.79 bits per heavy atom. The summed E-state index contributed by atoms with van der Waals surface area (Å²) >= 11 is 0. The van der Waals surface area contributed by atoms with Crippen molar-refractivity contribution in [1.29, 1.82) is 0 Å². The Balaban J connectivity index is 1.20. The van der Waals surface area contributed by atoms with Gasteiger partial charge in [0.15, 0.2) is 5.79 Å². The summed E-state index contributed by atoms with van der Waals surface area (Å²) in [5.41, 5.74) is 1.70. The number of nitrogens with zero attached hydrogens (tertiary/aromatic N) is 2. The highest BCUT2D eigenvalue weighted by Crippen LogP contribution is 2.39. The second-order valence-electron chi connectivity index (χ2n) is 8.59. The molecule has 29 heavy (non-hydrogen) atoms. The summed E-state index contributed by atoms with van der Waals surface area (Å²) < 4.78 is 37.2. The van der Waals surface area contributed by atoms with Crippen LogP contribution in [-0.4, -0.2) is 71.3 Å². The molecule has 162 valence electrons. The standard InChI is InChI=1S/C21H33N3O4S/c1-29(25,26)22-19-3-2-4-20(17-19)24-13-11-23(12-14-24)10-7-18-5-8-21(9-6-18)27-15-16-28-21/h2-4,17-18,22H,5-16H2,1H3. The van der Waals surface area contributed by atoms with Crippen LogP contribution >= 0.6 is 0 Å². The molecule has 2 saturated heterocycles. The van der Waals surface area contributed by atoms with E-state index in [0.717, 1.165) is 70.4 Å². The van der Waals surface area contributed by atoms with E-state index in [-0.39, 0.29) is 5.79 Å². The van der Waals surface area contributed by atoms with Gasteiger partial charge >= 0.3 is 0 Å². The fourth-order valence-corrected chi connectivity index (χ4v) is 5.32. The van der Waals surface area contributed by atoms with Crippen molar-refractivity contribution >= 4 is 21.4 Å². The quantitative estimate of drug-likeness (QED) is 0.758. The van der Waals surface area contributed by atoms with Crippen molar-refractivity contribution in [2.24, 2.45) is 5.92 Å². The molecule has 0 amide bonds. The second-order valence-corrected chi connectivity index (χ2v) is 10.3. The van der Waals surface area contributed by atoms with Gasteiger partial charge in [-0.25, -0.2) is 8.42 Å². The van der Waals surface area contributed by atoms with E-state index >= 15 is 0 Å². The van der Waals surface area contributed by atoms with E-state index < -0.39 is 10.0 Å². The van der Waals surface area contributed by atoms with E-state index in [9.17, 15) is 8.42 Å². The van der Waals surface area contributed by atoms with Crippen LogP contribution in [0.4, 0.5) is 11.4 Å². The zero-order valence-electron chi connectivity index (χ0n) is 17.3. The zero-order valence-corrected chi connectivity index (χ0v) is 18.1. The average molecular weight is 424 g/mol. The molecule has 1 aliphatic carbocycles. The lowest BCUT2D eigenvalue weighted by Gasteiger charge is -2.38. The van der Waals surface area contributed by atoms with E-state index in [1.807, 2.05) is 18.2 Å². The summed E-state index contributed by atoms with van der Waals surface area (Å²) in [6, 6.07) is 7.66. The molecule has 2 heterocycles. The van der Waals surface area contributed by atoms with Crippen molar-refractivity contribution in [3.63, 3.8) is 0 Å². The first-order valence-electron chi connectivity index (χ1n) is 10.7. The summed E-state index contributed by atoms with van der Waals surface area (Å²) in [5.74, 6) is 0.535. The monoisotopic (exact) mass is 423 g/mol. The maximum atomic E-state index is 11.5. The first-order chi connectivity index (χ1) is 13.9. The lowest BCUT2D eigenvalue weighted by Crippen LogP contribution is -2.47. The molecule has 1 aromatic carbocycles. The average Bonchev–Trinajstić information content (AvgIpc) is 3.15. The Morgan fingerprint density at radius 1 is 1.10 bits per heavy atom. The molecule has 4 rings (SSSR count). The summed E-state index contributed by atoms with van der Waals surface area (Å²) in [6.45, 7) is 6.70. The Bertz CT molecular complexity index is 777. The van der Waals surface area contributed by atoms with Gasteiger partial charge in [-0.2, -0.15) is 0 Å². The van der Waals surface area contributed by atoms with Crippen LogP contribution in [0, 0.1) is 5.92 Å². The van der Waals surface area contributed by atoms with Crippen molar-refractivity contribution in [3.05, 3.63) is 24.3 Å². The van der Waals surface area contributed by atoms with E-state index in [1.165, 1.54) is 25.5 Å². The van der Waals surface area contributed by atoms with E-state index in [2.05, 4.69) is 14.5 Å². The smallest absolute Gasteiger partial charge is 0.229 e. The fourth-order valence-electron chi connectivity index (χ4n) is 4.77. The van der Waals surface area contributed by atoms with Crippen molar-refractivity contribution in [2.45, 2.75) is 37.9 Å². The van der Waals surface area contributed by atoms with Crippen molar-refractivity contribution in [2.75, 3.05) is 61.8 Å². The summed E-state index contributed by atoms with van der Waals surface area (Å²) in [6.07, 6.45) is 6.94. The molecular formula is C21H33N3O4S. The molecule has 1 spiro atoms. The van der Waals surface area contributed by atoms with Gasteiger partial charge in [0, 0.05) is 44.7 Å². The molecule has 0 atom stereocenters. The Hall–Kier alpha value is -1.35. The number of benzene rings is 1. The van der Waals surface area contributed by atoms with Gasteiger partial charge in [-0.1, -0.05) is 6.07 Å². The van der Waals surface area contributed by atoms with Gasteiger partial charge in [-0.15, -0.1) is 0 Å². The van der Waals surface area contributed by atoms with Gasteiger partial charge in [0.2, 0.25) is 10.0 Å². The maximum Gasteiger partial charge on any atom is 0.229 e. The van der Waals surface area contributed by atoms with Gasteiger partial charge in [-0.05, 0) is 49.9 Å². The molecule has 0 radical (unpaired) electrons. The Kier molecular flexibility index (Phi) is 6.34. The third kappa shape index (κ3) is 5.63. The molecule has 1 saturated carbocycles. The highest BCUT2D eigenvalue weighted by atomic mass is 32.2. The maximum absolute atomic E-state index is 11.5. The van der Waals surface area contributed by atoms with E-state index in [4.69, 9.17) is 9.47 Å². The number of hydrogen-bond acceptors (Lipinski definition) is 6. The van der Waals surface area contributed by atoms with Gasteiger partial charge in [0.1, 0.15) is 0 Å². The Labute approximate surface area is 174 Å². The van der Waals surface area contributed by atoms with E-state index in [0.29, 0.717) is 5.69 Å². The molecule has 1 aromatic rings. The van der Waals surface area contributed by atoms with Gasteiger partial charge in [0.25, 0.3) is 0 Å². The first kappa shape index (κ1) is 20.9. The van der Waals surface area contributed by atoms with Crippen molar-refractivity contribution in [3.8, 4) is 0 Å². The molecule has 8 heteroatoms. The lowest BCUT2D eigenvalue weighted by atomic mass is 9.83. The van der Waals surface area contributed by atoms with Crippen LogP contribution in [0.1, 0.15) is 32.1 Å². The van der Waals surface area contributed by atoms with Crippen LogP contribution in [0.5, 0.6) is 0 Å². The molecule has 1 N–H and O–H groups in total. The third-order valence-electron chi connectivity index (χ3n) is 6.42. The fraction of sp³-hybridized carbons (Fsp3) is 0.714. The largest absolute Gasteiger partial charge is 0.369 e. The van der Waals surface area contributed by atoms with Crippen LogP contribution in [0.15, 0.2) is 24.3 Å². The number of sulfonamides is 1. The summed E-state index contributed by atoms with van der Waals surface area (Å²) in [5, 5.41) is 0. The highest BCUT2D eigenvalue weighted by Gasteiger charge is 2.40. The zero-order chi connectivity index (χ0) is 20.3. The Morgan fingerprint density at radius 3 is 2.45 bits per heavy atom. The second kappa shape index (κ2) is 8.79. The topological polar surface area (TPSA) is 71.1 Å². The number of nitrogens with one attached hydrogen (secondary N) is 1. The molecule has 3 fully saturated rings. The molecule has 3 aliphatic rings.